The number of carbonyl (C=O) groups excluding carboxylic acids is 1. The zero-order valence-electron chi connectivity index (χ0n) is 14.3. The molecule has 25 heavy (non-hydrogen) atoms. The van der Waals surface area contributed by atoms with Crippen molar-refractivity contribution in [1.82, 2.24) is 4.98 Å². The summed E-state index contributed by atoms with van der Waals surface area (Å²) in [5.74, 6) is 0. The fraction of sp³-hybridized carbons (Fsp3) is 0.294. The summed E-state index contributed by atoms with van der Waals surface area (Å²) in [6.45, 7) is 4.05. The van der Waals surface area contributed by atoms with Crippen LogP contribution in [0.1, 0.15) is 25.3 Å². The van der Waals surface area contributed by atoms with Crippen molar-refractivity contribution in [1.29, 1.82) is 0 Å². The van der Waals surface area contributed by atoms with Crippen LogP contribution in [0.5, 0.6) is 0 Å². The lowest BCUT2D eigenvalue weighted by Gasteiger charge is -2.24. The predicted octanol–water partition coefficient (Wildman–Crippen LogP) is 3.15. The fourth-order valence-corrected chi connectivity index (χ4v) is 3.34. The number of amides is 1. The summed E-state index contributed by atoms with van der Waals surface area (Å²) in [5, 5.41) is 1.80. The minimum Gasteiger partial charge on any atom is -0.355 e. The summed E-state index contributed by atoms with van der Waals surface area (Å²) in [6.07, 6.45) is 4.32. The van der Waals surface area contributed by atoms with Gasteiger partial charge in [0.2, 0.25) is 0 Å². The third kappa shape index (κ3) is 4.48. The lowest BCUT2D eigenvalue weighted by molar-refractivity contribution is 0.265. The molecule has 1 amide bonds. The molecule has 1 heterocycles. The van der Waals surface area contributed by atoms with Crippen molar-refractivity contribution in [2.24, 2.45) is 5.73 Å². The first kappa shape index (κ1) is 18.7. The van der Waals surface area contributed by atoms with Crippen molar-refractivity contribution in [3.63, 3.8) is 0 Å². The number of hydrogen-bond donors (Lipinski definition) is 2. The standard InChI is InChI=1S/C17H22N4O3S/c1-3-4-10-21(25(23,24)17(18)22)16-12-19-9-8-15(16)20-14-7-5-6-13(2)11-14/h5-9,11-12H,3-4,10H2,1-2H3,(H2,18,22)(H,19,20). The Morgan fingerprint density at radius 2 is 2.08 bits per heavy atom. The normalized spacial score (nSPS) is 11.1. The first-order chi connectivity index (χ1) is 11.9. The van der Waals surface area contributed by atoms with E-state index in [0.29, 0.717) is 12.1 Å². The van der Waals surface area contributed by atoms with E-state index < -0.39 is 15.3 Å². The summed E-state index contributed by atoms with van der Waals surface area (Å²) >= 11 is 0. The van der Waals surface area contributed by atoms with Gasteiger partial charge in [-0.05, 0) is 37.1 Å². The molecule has 0 radical (unpaired) electrons. The van der Waals surface area contributed by atoms with Crippen LogP contribution in [0.15, 0.2) is 42.7 Å². The van der Waals surface area contributed by atoms with Crippen molar-refractivity contribution < 1.29 is 13.2 Å². The number of nitrogens with zero attached hydrogens (tertiary/aromatic N) is 2. The number of hydrogen-bond acceptors (Lipinski definition) is 5. The van der Waals surface area contributed by atoms with Crippen molar-refractivity contribution in [2.75, 3.05) is 16.2 Å². The molecule has 7 nitrogen and oxygen atoms in total. The molecule has 3 N–H and O–H groups in total. The average molecular weight is 362 g/mol. The predicted molar refractivity (Wildman–Crippen MR) is 99.5 cm³/mol. The van der Waals surface area contributed by atoms with Gasteiger partial charge in [0, 0.05) is 18.4 Å². The van der Waals surface area contributed by atoms with Gasteiger partial charge in [-0.2, -0.15) is 8.42 Å². The highest BCUT2D eigenvalue weighted by Crippen LogP contribution is 2.30. The number of aryl methyl sites for hydroxylation is 1. The van der Waals surface area contributed by atoms with Gasteiger partial charge in [-0.15, -0.1) is 0 Å². The number of nitrogens with two attached hydrogens (primary N) is 1. The maximum absolute atomic E-state index is 12.4. The second-order valence-electron chi connectivity index (χ2n) is 5.64. The molecule has 8 heteroatoms. The van der Waals surface area contributed by atoms with Gasteiger partial charge >= 0.3 is 15.3 Å². The molecule has 1 aromatic carbocycles. The molecule has 2 aromatic rings. The summed E-state index contributed by atoms with van der Waals surface area (Å²) in [4.78, 5) is 15.5. The number of carbonyl (C=O) groups is 1. The molecular formula is C17H22N4O3S. The molecule has 0 fully saturated rings. The van der Waals surface area contributed by atoms with Crippen LogP contribution in [0.3, 0.4) is 0 Å². The van der Waals surface area contributed by atoms with Gasteiger partial charge in [0.1, 0.15) is 0 Å². The molecule has 0 bridgehead atoms. The molecular weight excluding hydrogens is 340 g/mol. The average Bonchev–Trinajstić information content (AvgIpc) is 2.56. The van der Waals surface area contributed by atoms with Crippen LogP contribution >= 0.6 is 0 Å². The third-order valence-electron chi connectivity index (χ3n) is 3.62. The van der Waals surface area contributed by atoms with Crippen molar-refractivity contribution in [2.45, 2.75) is 26.7 Å². The minimum absolute atomic E-state index is 0.149. The van der Waals surface area contributed by atoms with Gasteiger partial charge < -0.3 is 11.1 Å². The van der Waals surface area contributed by atoms with E-state index in [0.717, 1.165) is 22.0 Å². The first-order valence-corrected chi connectivity index (χ1v) is 9.40. The van der Waals surface area contributed by atoms with Crippen LogP contribution in [0.4, 0.5) is 21.9 Å². The molecule has 134 valence electrons. The SMILES string of the molecule is CCCCN(c1cnccc1Nc1cccc(C)c1)S(=O)(=O)C(N)=O. The first-order valence-electron chi connectivity index (χ1n) is 7.96. The zero-order chi connectivity index (χ0) is 18.4. The van der Waals surface area contributed by atoms with Crippen LogP contribution in [0.25, 0.3) is 0 Å². The number of anilines is 3. The number of nitrogens with one attached hydrogen (secondary N) is 1. The number of primary amides is 1. The van der Waals surface area contributed by atoms with E-state index in [2.05, 4.69) is 10.3 Å². The number of benzene rings is 1. The summed E-state index contributed by atoms with van der Waals surface area (Å²) < 4.78 is 25.8. The number of aromatic nitrogens is 1. The Kier molecular flexibility index (Phi) is 5.97. The zero-order valence-corrected chi connectivity index (χ0v) is 15.1. The van der Waals surface area contributed by atoms with Crippen LogP contribution < -0.4 is 15.4 Å². The van der Waals surface area contributed by atoms with Crippen LogP contribution in [-0.4, -0.2) is 25.2 Å². The Labute approximate surface area is 147 Å². The molecule has 0 aliphatic heterocycles. The Balaban J connectivity index is 2.46. The van der Waals surface area contributed by atoms with Crippen molar-refractivity contribution >= 4 is 32.3 Å². The second-order valence-corrected chi connectivity index (χ2v) is 7.43. The lowest BCUT2D eigenvalue weighted by Crippen LogP contribution is -2.40. The number of pyridine rings is 1. The molecule has 0 saturated heterocycles. The van der Waals surface area contributed by atoms with E-state index >= 15 is 0 Å². The number of unbranched alkanes of at least 4 members (excludes halogenated alkanes) is 1. The molecule has 0 unspecified atom stereocenters. The van der Waals surface area contributed by atoms with E-state index in [1.807, 2.05) is 38.1 Å². The smallest absolute Gasteiger partial charge is 0.354 e. The Hall–Kier alpha value is -2.61. The third-order valence-corrected chi connectivity index (χ3v) is 5.09. The van der Waals surface area contributed by atoms with E-state index in [4.69, 9.17) is 5.73 Å². The molecule has 0 aliphatic carbocycles. The van der Waals surface area contributed by atoms with E-state index in [1.54, 1.807) is 12.3 Å². The molecule has 1 aromatic heterocycles. The van der Waals surface area contributed by atoms with E-state index in [9.17, 15) is 13.2 Å². The van der Waals surface area contributed by atoms with Crippen molar-refractivity contribution in [3.05, 3.63) is 48.3 Å². The van der Waals surface area contributed by atoms with Gasteiger partial charge in [0.05, 0.1) is 17.6 Å². The molecule has 0 saturated carbocycles. The minimum atomic E-state index is -4.30. The summed E-state index contributed by atoms with van der Waals surface area (Å²) in [7, 11) is -4.30. The van der Waals surface area contributed by atoms with Gasteiger partial charge in [-0.25, -0.2) is 0 Å². The largest absolute Gasteiger partial charge is 0.355 e. The Bertz CT molecular complexity index is 852. The van der Waals surface area contributed by atoms with Gasteiger partial charge in [0.25, 0.3) is 0 Å². The maximum atomic E-state index is 12.4. The van der Waals surface area contributed by atoms with Crippen LogP contribution in [0, 0.1) is 6.92 Å². The molecule has 2 rings (SSSR count). The Morgan fingerprint density at radius 3 is 2.72 bits per heavy atom. The topological polar surface area (TPSA) is 105 Å². The Morgan fingerprint density at radius 1 is 1.32 bits per heavy atom. The summed E-state index contributed by atoms with van der Waals surface area (Å²) in [6, 6.07) is 9.32. The number of rotatable bonds is 7. The van der Waals surface area contributed by atoms with Crippen molar-refractivity contribution in [3.8, 4) is 0 Å². The van der Waals surface area contributed by atoms with E-state index in [-0.39, 0.29) is 12.2 Å². The lowest BCUT2D eigenvalue weighted by atomic mass is 10.2. The fourth-order valence-electron chi connectivity index (χ4n) is 2.35. The van der Waals surface area contributed by atoms with Gasteiger partial charge in [-0.3, -0.25) is 14.1 Å². The molecule has 0 atom stereocenters. The maximum Gasteiger partial charge on any atom is 0.354 e. The van der Waals surface area contributed by atoms with Gasteiger partial charge in [0.15, 0.2) is 0 Å². The molecule has 0 spiro atoms. The van der Waals surface area contributed by atoms with Crippen LogP contribution in [0.2, 0.25) is 0 Å². The summed E-state index contributed by atoms with van der Waals surface area (Å²) in [5.41, 5.74) is 7.78. The highest BCUT2D eigenvalue weighted by molar-refractivity contribution is 8.07. The molecule has 0 aliphatic rings. The number of sulfonamides is 1. The van der Waals surface area contributed by atoms with E-state index in [1.165, 1.54) is 6.20 Å². The van der Waals surface area contributed by atoms with Gasteiger partial charge in [-0.1, -0.05) is 25.5 Å². The van der Waals surface area contributed by atoms with Crippen LogP contribution in [-0.2, 0) is 10.0 Å². The quantitative estimate of drug-likeness (QED) is 0.787. The second kappa shape index (κ2) is 7.98. The highest BCUT2D eigenvalue weighted by Gasteiger charge is 2.30. The monoisotopic (exact) mass is 362 g/mol. The highest BCUT2D eigenvalue weighted by atomic mass is 32.2.